The van der Waals surface area contributed by atoms with Gasteiger partial charge in [-0.1, -0.05) is 29.3 Å². The van der Waals surface area contributed by atoms with Gasteiger partial charge in [-0.2, -0.15) is 0 Å². The van der Waals surface area contributed by atoms with E-state index in [0.29, 0.717) is 19.5 Å². The van der Waals surface area contributed by atoms with E-state index in [-0.39, 0.29) is 17.7 Å². The molecule has 1 aromatic carbocycles. The molecule has 2 amide bonds. The zero-order valence-corrected chi connectivity index (χ0v) is 16.2. The number of nitrogens with zero attached hydrogens (tertiary/aromatic N) is 1. The molecule has 1 unspecified atom stereocenters. The number of carbonyl (C=O) groups excluding carboxylic acids is 2. The second kappa shape index (κ2) is 8.07. The Morgan fingerprint density at radius 1 is 1.19 bits per heavy atom. The maximum atomic E-state index is 12.5. The molecule has 2 aliphatic rings. The van der Waals surface area contributed by atoms with Gasteiger partial charge in [0, 0.05) is 25.2 Å². The first-order chi connectivity index (χ1) is 12.5. The number of hydrogen-bond acceptors (Lipinski definition) is 2. The van der Waals surface area contributed by atoms with Gasteiger partial charge in [0.05, 0.1) is 5.92 Å². The van der Waals surface area contributed by atoms with Gasteiger partial charge in [-0.25, -0.2) is 0 Å². The summed E-state index contributed by atoms with van der Waals surface area (Å²) in [6, 6.07) is 4.20. The Kier molecular flexibility index (Phi) is 5.80. The number of aryl methyl sites for hydroxylation is 3. The van der Waals surface area contributed by atoms with Crippen LogP contribution in [0, 0.1) is 26.7 Å². The fourth-order valence-corrected chi connectivity index (χ4v) is 4.32. The van der Waals surface area contributed by atoms with Gasteiger partial charge in [-0.15, -0.1) is 0 Å². The molecule has 0 bridgehead atoms. The van der Waals surface area contributed by atoms with Crippen LogP contribution in [0.2, 0.25) is 0 Å². The minimum atomic E-state index is -0.247. The maximum absolute atomic E-state index is 12.5. The van der Waals surface area contributed by atoms with Crippen molar-refractivity contribution >= 4 is 17.5 Å². The van der Waals surface area contributed by atoms with Crippen LogP contribution in [0.25, 0.3) is 0 Å². The highest BCUT2D eigenvalue weighted by Crippen LogP contribution is 2.32. The Hall–Kier alpha value is -2.10. The van der Waals surface area contributed by atoms with Crippen LogP contribution in [0.3, 0.4) is 0 Å². The molecule has 1 fully saturated rings. The van der Waals surface area contributed by atoms with Crippen molar-refractivity contribution in [2.45, 2.75) is 59.3 Å². The molecule has 4 heteroatoms. The van der Waals surface area contributed by atoms with Crippen molar-refractivity contribution in [2.24, 2.45) is 5.92 Å². The fraction of sp³-hybridized carbons (Fsp3) is 0.545. The number of allylic oxidation sites excluding steroid dienone is 1. The van der Waals surface area contributed by atoms with Crippen LogP contribution in [0.1, 0.15) is 55.2 Å². The zero-order chi connectivity index (χ0) is 18.7. The fourth-order valence-electron chi connectivity index (χ4n) is 4.32. The molecular formula is C22H30N2O2. The van der Waals surface area contributed by atoms with Gasteiger partial charge < -0.3 is 10.2 Å². The van der Waals surface area contributed by atoms with Gasteiger partial charge in [0.1, 0.15) is 0 Å². The second-order valence-electron chi connectivity index (χ2n) is 7.80. The van der Waals surface area contributed by atoms with Gasteiger partial charge in [-0.3, -0.25) is 9.59 Å². The van der Waals surface area contributed by atoms with Gasteiger partial charge >= 0.3 is 0 Å². The third kappa shape index (κ3) is 4.17. The molecule has 140 valence electrons. The third-order valence-corrected chi connectivity index (χ3v) is 5.53. The summed E-state index contributed by atoms with van der Waals surface area (Å²) in [5, 5.41) is 3.04. The minimum absolute atomic E-state index is 0.0136. The van der Waals surface area contributed by atoms with Crippen molar-refractivity contribution in [3.8, 4) is 0 Å². The largest absolute Gasteiger partial charge is 0.355 e. The number of nitrogens with one attached hydrogen (secondary N) is 1. The average Bonchev–Trinajstić information content (AvgIpc) is 2.97. The lowest BCUT2D eigenvalue weighted by atomic mass is 9.97. The van der Waals surface area contributed by atoms with E-state index < -0.39 is 0 Å². The molecular weight excluding hydrogens is 324 g/mol. The minimum Gasteiger partial charge on any atom is -0.355 e. The smallest absolute Gasteiger partial charge is 0.227 e. The standard InChI is InChI=1S/C22H30N2O2/c1-15-11-16(2)21(17(3)12-15)24-14-19(13-20(24)25)22(26)23-10-9-18-7-5-4-6-8-18/h7,11-12,19H,4-6,8-10,13-14H2,1-3H3,(H,23,26). The normalized spacial score (nSPS) is 20.3. The van der Waals surface area contributed by atoms with Crippen LogP contribution in [-0.4, -0.2) is 24.9 Å². The molecule has 0 spiro atoms. The van der Waals surface area contributed by atoms with Crippen molar-refractivity contribution in [3.05, 3.63) is 40.5 Å². The Labute approximate surface area is 156 Å². The van der Waals surface area contributed by atoms with E-state index in [0.717, 1.165) is 29.7 Å². The Bertz CT molecular complexity index is 713. The number of carbonyl (C=O) groups is 2. The molecule has 1 saturated heterocycles. The van der Waals surface area contributed by atoms with E-state index in [1.54, 1.807) is 4.90 Å². The molecule has 0 radical (unpaired) electrons. The molecule has 1 N–H and O–H groups in total. The molecule has 1 atom stereocenters. The molecule has 26 heavy (non-hydrogen) atoms. The summed E-state index contributed by atoms with van der Waals surface area (Å²) < 4.78 is 0. The van der Waals surface area contributed by atoms with Crippen molar-refractivity contribution in [1.29, 1.82) is 0 Å². The van der Waals surface area contributed by atoms with Crippen LogP contribution in [-0.2, 0) is 9.59 Å². The Morgan fingerprint density at radius 2 is 1.92 bits per heavy atom. The number of benzene rings is 1. The molecule has 0 aromatic heterocycles. The van der Waals surface area contributed by atoms with E-state index >= 15 is 0 Å². The SMILES string of the molecule is Cc1cc(C)c(N2CC(C(=O)NCCC3=CCCCC3)CC2=O)c(C)c1. The van der Waals surface area contributed by atoms with Gasteiger partial charge in [0.15, 0.2) is 0 Å². The van der Waals surface area contributed by atoms with Crippen LogP contribution >= 0.6 is 0 Å². The van der Waals surface area contributed by atoms with E-state index in [1.165, 1.54) is 30.4 Å². The predicted molar refractivity (Wildman–Crippen MR) is 105 cm³/mol. The quantitative estimate of drug-likeness (QED) is 0.813. The molecule has 0 saturated carbocycles. The molecule has 1 aromatic rings. The maximum Gasteiger partial charge on any atom is 0.227 e. The monoisotopic (exact) mass is 354 g/mol. The highest BCUT2D eigenvalue weighted by atomic mass is 16.2. The number of amides is 2. The first-order valence-electron chi connectivity index (χ1n) is 9.79. The highest BCUT2D eigenvalue weighted by molar-refractivity contribution is 6.01. The lowest BCUT2D eigenvalue weighted by Crippen LogP contribution is -2.34. The van der Waals surface area contributed by atoms with Crippen LogP contribution in [0.5, 0.6) is 0 Å². The summed E-state index contributed by atoms with van der Waals surface area (Å²) in [5.41, 5.74) is 5.83. The molecule has 1 aliphatic carbocycles. The summed E-state index contributed by atoms with van der Waals surface area (Å²) in [7, 11) is 0. The highest BCUT2D eigenvalue weighted by Gasteiger charge is 2.36. The van der Waals surface area contributed by atoms with Crippen molar-refractivity contribution < 1.29 is 9.59 Å². The van der Waals surface area contributed by atoms with Crippen molar-refractivity contribution in [2.75, 3.05) is 18.0 Å². The van der Waals surface area contributed by atoms with Crippen LogP contribution in [0.15, 0.2) is 23.8 Å². The number of anilines is 1. The van der Waals surface area contributed by atoms with E-state index in [9.17, 15) is 9.59 Å². The predicted octanol–water partition coefficient (Wildman–Crippen LogP) is 3.97. The first kappa shape index (κ1) is 18.7. The van der Waals surface area contributed by atoms with Gasteiger partial charge in [-0.05, 0) is 64.0 Å². The first-order valence-corrected chi connectivity index (χ1v) is 9.79. The van der Waals surface area contributed by atoms with Gasteiger partial charge in [0.25, 0.3) is 0 Å². The lowest BCUT2D eigenvalue weighted by Gasteiger charge is -2.22. The molecule has 1 heterocycles. The Morgan fingerprint density at radius 3 is 2.58 bits per heavy atom. The van der Waals surface area contributed by atoms with E-state index in [1.807, 2.05) is 13.8 Å². The third-order valence-electron chi connectivity index (χ3n) is 5.53. The van der Waals surface area contributed by atoms with Gasteiger partial charge in [0.2, 0.25) is 11.8 Å². The van der Waals surface area contributed by atoms with E-state index in [2.05, 4.69) is 30.4 Å². The summed E-state index contributed by atoms with van der Waals surface area (Å²) >= 11 is 0. The topological polar surface area (TPSA) is 49.4 Å². The zero-order valence-electron chi connectivity index (χ0n) is 16.2. The van der Waals surface area contributed by atoms with E-state index in [4.69, 9.17) is 0 Å². The Balaban J connectivity index is 1.59. The van der Waals surface area contributed by atoms with Crippen LogP contribution in [0.4, 0.5) is 5.69 Å². The summed E-state index contributed by atoms with van der Waals surface area (Å²) in [6.07, 6.45) is 8.45. The summed E-state index contributed by atoms with van der Waals surface area (Å²) in [4.78, 5) is 26.9. The average molecular weight is 354 g/mol. The summed E-state index contributed by atoms with van der Waals surface area (Å²) in [6.45, 7) is 7.30. The second-order valence-corrected chi connectivity index (χ2v) is 7.80. The van der Waals surface area contributed by atoms with Crippen molar-refractivity contribution in [3.63, 3.8) is 0 Å². The molecule has 1 aliphatic heterocycles. The van der Waals surface area contributed by atoms with Crippen molar-refractivity contribution in [1.82, 2.24) is 5.32 Å². The number of rotatable bonds is 5. The molecule has 3 rings (SSSR count). The summed E-state index contributed by atoms with van der Waals surface area (Å²) in [5.74, 6) is -0.183. The van der Waals surface area contributed by atoms with Crippen LogP contribution < -0.4 is 10.2 Å². The lowest BCUT2D eigenvalue weighted by molar-refractivity contribution is -0.126. The number of hydrogen-bond donors (Lipinski definition) is 1. The molecule has 4 nitrogen and oxygen atoms in total.